The van der Waals surface area contributed by atoms with Gasteiger partial charge in [-0.1, -0.05) is 28.1 Å². The molecule has 1 aromatic carbocycles. The Morgan fingerprint density at radius 3 is 2.65 bits per heavy atom. The quantitative estimate of drug-likeness (QED) is 0.781. The van der Waals surface area contributed by atoms with Crippen LogP contribution in [-0.4, -0.2) is 13.4 Å². The fourth-order valence-corrected chi connectivity index (χ4v) is 4.14. The number of benzene rings is 1. The van der Waals surface area contributed by atoms with Crippen molar-refractivity contribution in [2.24, 2.45) is 5.73 Å². The SMILES string of the molecule is NC(=S)c1ccc(S(=O)(=O)Nc2cc(Br)ccc2F)s1. The van der Waals surface area contributed by atoms with Crippen molar-refractivity contribution >= 4 is 60.2 Å². The number of nitrogens with one attached hydrogen (secondary N) is 1. The largest absolute Gasteiger partial charge is 0.389 e. The van der Waals surface area contributed by atoms with Gasteiger partial charge in [-0.2, -0.15) is 0 Å². The van der Waals surface area contributed by atoms with Gasteiger partial charge in [0.1, 0.15) is 15.0 Å². The monoisotopic (exact) mass is 394 g/mol. The summed E-state index contributed by atoms with van der Waals surface area (Å²) in [5.41, 5.74) is 5.29. The van der Waals surface area contributed by atoms with Crippen LogP contribution in [0.15, 0.2) is 39.0 Å². The molecule has 0 amide bonds. The van der Waals surface area contributed by atoms with Crippen molar-refractivity contribution < 1.29 is 12.8 Å². The van der Waals surface area contributed by atoms with Crippen molar-refractivity contribution in [1.29, 1.82) is 0 Å². The summed E-state index contributed by atoms with van der Waals surface area (Å²) in [7, 11) is -3.87. The molecule has 4 nitrogen and oxygen atoms in total. The first-order valence-corrected chi connectivity index (χ1v) is 8.67. The van der Waals surface area contributed by atoms with E-state index in [0.717, 1.165) is 17.4 Å². The minimum atomic E-state index is -3.87. The van der Waals surface area contributed by atoms with Crippen LogP contribution in [0.2, 0.25) is 0 Å². The van der Waals surface area contributed by atoms with Crippen LogP contribution in [0.1, 0.15) is 4.88 Å². The molecular formula is C11H8BrFN2O2S3. The van der Waals surface area contributed by atoms with Gasteiger partial charge in [-0.3, -0.25) is 4.72 Å². The summed E-state index contributed by atoms with van der Waals surface area (Å²) in [5, 5.41) is 0. The van der Waals surface area contributed by atoms with Gasteiger partial charge in [0.15, 0.2) is 0 Å². The Morgan fingerprint density at radius 1 is 1.35 bits per heavy atom. The highest BCUT2D eigenvalue weighted by Gasteiger charge is 2.19. The van der Waals surface area contributed by atoms with Crippen molar-refractivity contribution in [1.82, 2.24) is 0 Å². The summed E-state index contributed by atoms with van der Waals surface area (Å²) >= 11 is 8.85. The van der Waals surface area contributed by atoms with Gasteiger partial charge in [0, 0.05) is 4.47 Å². The number of thiophene rings is 1. The molecule has 3 N–H and O–H groups in total. The fourth-order valence-electron chi connectivity index (χ4n) is 1.37. The topological polar surface area (TPSA) is 72.2 Å². The predicted molar refractivity (Wildman–Crippen MR) is 85.1 cm³/mol. The lowest BCUT2D eigenvalue weighted by atomic mass is 10.3. The van der Waals surface area contributed by atoms with Crippen LogP contribution < -0.4 is 10.5 Å². The number of hydrogen-bond donors (Lipinski definition) is 2. The maximum absolute atomic E-state index is 13.6. The van der Waals surface area contributed by atoms with Gasteiger partial charge >= 0.3 is 0 Å². The van der Waals surface area contributed by atoms with E-state index in [1.807, 2.05) is 0 Å². The molecule has 2 aromatic rings. The van der Waals surface area contributed by atoms with Crippen molar-refractivity contribution in [3.05, 3.63) is 45.5 Å². The molecule has 2 rings (SSSR count). The van der Waals surface area contributed by atoms with Gasteiger partial charge in [0.05, 0.1) is 10.6 Å². The molecule has 0 aliphatic rings. The number of nitrogens with two attached hydrogens (primary N) is 1. The molecule has 20 heavy (non-hydrogen) atoms. The van der Waals surface area contributed by atoms with Crippen LogP contribution in [-0.2, 0) is 10.0 Å². The van der Waals surface area contributed by atoms with E-state index in [9.17, 15) is 12.8 Å². The van der Waals surface area contributed by atoms with Crippen molar-refractivity contribution in [2.45, 2.75) is 4.21 Å². The lowest BCUT2D eigenvalue weighted by molar-refractivity contribution is 0.600. The molecule has 0 fully saturated rings. The molecule has 0 unspecified atom stereocenters. The third-order valence-corrected chi connectivity index (χ3v) is 6.08. The molecule has 1 aromatic heterocycles. The molecule has 0 radical (unpaired) electrons. The fraction of sp³-hybridized carbons (Fsp3) is 0. The molecule has 9 heteroatoms. The number of halogens is 2. The van der Waals surface area contributed by atoms with Crippen LogP contribution in [0, 0.1) is 5.82 Å². The molecule has 0 atom stereocenters. The second-order valence-corrected chi connectivity index (χ2v) is 8.06. The lowest BCUT2D eigenvalue weighted by Gasteiger charge is -2.07. The number of thiocarbonyl (C=S) groups is 1. The van der Waals surface area contributed by atoms with Gasteiger partial charge in [-0.25, -0.2) is 12.8 Å². The molecule has 0 saturated carbocycles. The second-order valence-electron chi connectivity index (χ2n) is 3.71. The Kier molecular flexibility index (Phi) is 4.43. The van der Waals surface area contributed by atoms with Gasteiger partial charge in [0.25, 0.3) is 10.0 Å². The second kappa shape index (κ2) is 5.76. The molecule has 0 aliphatic heterocycles. The van der Waals surface area contributed by atoms with Gasteiger partial charge in [0.2, 0.25) is 0 Å². The van der Waals surface area contributed by atoms with Crippen LogP contribution in [0.3, 0.4) is 0 Å². The molecule has 0 saturated heterocycles. The van der Waals surface area contributed by atoms with E-state index in [1.165, 1.54) is 24.3 Å². The zero-order valence-corrected chi connectivity index (χ0v) is 13.8. The van der Waals surface area contributed by atoms with E-state index in [1.54, 1.807) is 0 Å². The summed E-state index contributed by atoms with van der Waals surface area (Å²) in [4.78, 5) is 0.597. The van der Waals surface area contributed by atoms with Crippen LogP contribution in [0.4, 0.5) is 10.1 Å². The predicted octanol–water partition coefficient (Wildman–Crippen LogP) is 3.08. The first kappa shape index (κ1) is 15.4. The average Bonchev–Trinajstić information content (AvgIpc) is 2.84. The third kappa shape index (κ3) is 3.35. The maximum atomic E-state index is 13.6. The Bertz CT molecular complexity index is 774. The third-order valence-electron chi connectivity index (χ3n) is 2.26. The van der Waals surface area contributed by atoms with Crippen LogP contribution in [0.25, 0.3) is 0 Å². The average molecular weight is 395 g/mol. The smallest absolute Gasteiger partial charge is 0.271 e. The zero-order chi connectivity index (χ0) is 14.9. The van der Waals surface area contributed by atoms with Gasteiger partial charge in [-0.15, -0.1) is 11.3 Å². The van der Waals surface area contributed by atoms with E-state index in [2.05, 4.69) is 20.7 Å². The highest BCUT2D eigenvalue weighted by molar-refractivity contribution is 9.10. The van der Waals surface area contributed by atoms with Crippen LogP contribution >= 0.6 is 39.5 Å². The summed E-state index contributed by atoms with van der Waals surface area (Å²) in [6.45, 7) is 0. The molecule has 0 spiro atoms. The molecule has 106 valence electrons. The number of anilines is 1. The highest BCUT2D eigenvalue weighted by atomic mass is 79.9. The van der Waals surface area contributed by atoms with Gasteiger partial charge in [-0.05, 0) is 30.3 Å². The van der Waals surface area contributed by atoms with E-state index >= 15 is 0 Å². The Morgan fingerprint density at radius 2 is 2.05 bits per heavy atom. The minimum Gasteiger partial charge on any atom is -0.389 e. The Labute approximate surface area is 133 Å². The van der Waals surface area contributed by atoms with E-state index in [-0.39, 0.29) is 14.9 Å². The van der Waals surface area contributed by atoms with Crippen LogP contribution in [0.5, 0.6) is 0 Å². The van der Waals surface area contributed by atoms with E-state index in [4.69, 9.17) is 18.0 Å². The summed E-state index contributed by atoms with van der Waals surface area (Å²) in [6, 6.07) is 6.87. The summed E-state index contributed by atoms with van der Waals surface area (Å²) in [5.74, 6) is -0.664. The molecular weight excluding hydrogens is 387 g/mol. The van der Waals surface area contributed by atoms with E-state index in [0.29, 0.717) is 9.35 Å². The molecule has 0 bridgehead atoms. The standard InChI is InChI=1S/C11H8BrFN2O2S3/c12-6-1-2-7(13)8(5-6)15-20(16,17)10-4-3-9(19-10)11(14)18/h1-5,15H,(H2,14,18). The van der Waals surface area contributed by atoms with Crippen molar-refractivity contribution in [3.8, 4) is 0 Å². The Hall–Kier alpha value is -1.03. The molecule has 1 heterocycles. The number of sulfonamides is 1. The minimum absolute atomic E-state index is 0.0136. The maximum Gasteiger partial charge on any atom is 0.271 e. The number of rotatable bonds is 4. The first-order chi connectivity index (χ1) is 9.29. The summed E-state index contributed by atoms with van der Waals surface area (Å²) in [6.07, 6.45) is 0. The first-order valence-electron chi connectivity index (χ1n) is 5.17. The summed E-state index contributed by atoms with van der Waals surface area (Å²) < 4.78 is 40.6. The van der Waals surface area contributed by atoms with Crippen molar-refractivity contribution in [2.75, 3.05) is 4.72 Å². The van der Waals surface area contributed by atoms with Gasteiger partial charge < -0.3 is 5.73 Å². The lowest BCUT2D eigenvalue weighted by Crippen LogP contribution is -2.12. The van der Waals surface area contributed by atoms with Crippen molar-refractivity contribution in [3.63, 3.8) is 0 Å². The highest BCUT2D eigenvalue weighted by Crippen LogP contribution is 2.26. The number of hydrogen-bond acceptors (Lipinski definition) is 4. The zero-order valence-electron chi connectivity index (χ0n) is 9.76. The van der Waals surface area contributed by atoms with E-state index < -0.39 is 15.8 Å². The Balaban J connectivity index is 2.35. The normalized spacial score (nSPS) is 11.3. The molecule has 0 aliphatic carbocycles.